The minimum atomic E-state index is 0.0619. The van der Waals surface area contributed by atoms with Crippen molar-refractivity contribution in [3.63, 3.8) is 0 Å². The molecule has 0 amide bonds. The van der Waals surface area contributed by atoms with Crippen LogP contribution < -0.4 is 5.32 Å². The number of hydrogen-bond acceptors (Lipinski definition) is 5. The van der Waals surface area contributed by atoms with Crippen molar-refractivity contribution in [1.82, 2.24) is 15.2 Å². The molecular weight excluding hydrogens is 251 g/mol. The molecule has 0 fully saturated rings. The van der Waals surface area contributed by atoms with Crippen molar-refractivity contribution in [2.24, 2.45) is 5.92 Å². The molecule has 1 N–H and O–H groups in total. The maximum absolute atomic E-state index is 5.85. The number of methoxy groups -OCH3 is 1. The molecule has 1 rings (SSSR count). The van der Waals surface area contributed by atoms with Gasteiger partial charge in [0.2, 0.25) is 5.28 Å². The normalized spacial score (nSPS) is 12.9. The summed E-state index contributed by atoms with van der Waals surface area (Å²) < 4.78 is 5.11. The zero-order valence-corrected chi connectivity index (χ0v) is 10.9. The molecule has 0 spiro atoms. The minimum absolute atomic E-state index is 0.0619. The molecule has 1 aromatic rings. The van der Waals surface area contributed by atoms with Crippen LogP contribution in [0.15, 0.2) is 0 Å². The van der Waals surface area contributed by atoms with Gasteiger partial charge in [-0.3, -0.25) is 0 Å². The van der Waals surface area contributed by atoms with Crippen LogP contribution in [0.25, 0.3) is 0 Å². The zero-order chi connectivity index (χ0) is 12.1. The van der Waals surface area contributed by atoms with E-state index < -0.39 is 0 Å². The Morgan fingerprint density at radius 2 is 2.00 bits per heavy atom. The van der Waals surface area contributed by atoms with Gasteiger partial charge < -0.3 is 10.1 Å². The standard InChI is InChI=1S/C9H14Cl2N4O/c1-5(2)6(4-16-3)12-8-7(10)14-15-9(11)13-8/h5-6H,4H2,1-3H3,(H,12,13,15). The predicted octanol–water partition coefficient (Wildman–Crippen LogP) is 2.26. The third kappa shape index (κ3) is 3.73. The second-order valence-corrected chi connectivity index (χ2v) is 4.37. The summed E-state index contributed by atoms with van der Waals surface area (Å²) >= 11 is 11.5. The van der Waals surface area contributed by atoms with Gasteiger partial charge in [-0.1, -0.05) is 25.4 Å². The molecule has 1 atom stereocenters. The molecule has 7 heteroatoms. The Hall–Kier alpha value is -0.650. The fraction of sp³-hybridized carbons (Fsp3) is 0.667. The number of ether oxygens (including phenoxy) is 1. The van der Waals surface area contributed by atoms with E-state index >= 15 is 0 Å². The number of rotatable bonds is 5. The van der Waals surface area contributed by atoms with E-state index in [0.717, 1.165) is 0 Å². The highest BCUT2D eigenvalue weighted by atomic mass is 35.5. The highest BCUT2D eigenvalue weighted by Crippen LogP contribution is 2.19. The number of anilines is 1. The monoisotopic (exact) mass is 264 g/mol. The van der Waals surface area contributed by atoms with E-state index in [9.17, 15) is 0 Å². The number of hydrogen-bond donors (Lipinski definition) is 1. The topological polar surface area (TPSA) is 59.9 Å². The first kappa shape index (κ1) is 13.4. The lowest BCUT2D eigenvalue weighted by Crippen LogP contribution is -2.31. The number of halogens is 2. The van der Waals surface area contributed by atoms with Crippen LogP contribution in [0.1, 0.15) is 13.8 Å². The van der Waals surface area contributed by atoms with Crippen molar-refractivity contribution in [1.29, 1.82) is 0 Å². The summed E-state index contributed by atoms with van der Waals surface area (Å²) in [4.78, 5) is 3.97. The first-order valence-corrected chi connectivity index (χ1v) is 5.61. The van der Waals surface area contributed by atoms with E-state index in [1.54, 1.807) is 7.11 Å². The second kappa shape index (κ2) is 6.18. The van der Waals surface area contributed by atoms with Gasteiger partial charge >= 0.3 is 0 Å². The summed E-state index contributed by atoms with van der Waals surface area (Å²) in [5, 5.41) is 10.6. The molecule has 0 saturated carbocycles. The molecule has 0 aliphatic heterocycles. The first-order chi connectivity index (χ1) is 7.54. The molecule has 0 saturated heterocycles. The molecule has 1 unspecified atom stereocenters. The molecule has 0 aliphatic carbocycles. The quantitative estimate of drug-likeness (QED) is 0.884. The summed E-state index contributed by atoms with van der Waals surface area (Å²) in [5.74, 6) is 0.794. The molecule has 0 radical (unpaired) electrons. The van der Waals surface area contributed by atoms with Gasteiger partial charge in [0.25, 0.3) is 0 Å². The summed E-state index contributed by atoms with van der Waals surface area (Å²) in [7, 11) is 1.64. The fourth-order valence-electron chi connectivity index (χ4n) is 1.14. The largest absolute Gasteiger partial charge is 0.383 e. The van der Waals surface area contributed by atoms with E-state index in [1.165, 1.54) is 0 Å². The van der Waals surface area contributed by atoms with Gasteiger partial charge in [-0.15, -0.1) is 10.2 Å². The van der Waals surface area contributed by atoms with E-state index in [4.69, 9.17) is 27.9 Å². The average Bonchev–Trinajstić information content (AvgIpc) is 2.22. The van der Waals surface area contributed by atoms with Crippen LogP contribution in [0.5, 0.6) is 0 Å². The van der Waals surface area contributed by atoms with Gasteiger partial charge in [-0.05, 0) is 17.5 Å². The van der Waals surface area contributed by atoms with Crippen molar-refractivity contribution in [3.05, 3.63) is 10.4 Å². The van der Waals surface area contributed by atoms with E-state index in [1.807, 2.05) is 0 Å². The SMILES string of the molecule is COCC(Nc1nc(Cl)nnc1Cl)C(C)C. The van der Waals surface area contributed by atoms with Gasteiger partial charge in [-0.25, -0.2) is 0 Å². The Bertz CT molecular complexity index is 348. The summed E-state index contributed by atoms with van der Waals surface area (Å²) in [5.41, 5.74) is 0. The Morgan fingerprint density at radius 1 is 1.31 bits per heavy atom. The zero-order valence-electron chi connectivity index (χ0n) is 9.37. The van der Waals surface area contributed by atoms with E-state index in [2.05, 4.69) is 34.3 Å². The Labute approximate surface area is 105 Å². The number of nitrogens with one attached hydrogen (secondary N) is 1. The Balaban J connectivity index is 2.80. The summed E-state index contributed by atoms with van der Waals surface area (Å²) in [6, 6.07) is 0.0928. The van der Waals surface area contributed by atoms with Gasteiger partial charge in [0.05, 0.1) is 12.6 Å². The fourth-order valence-corrected chi connectivity index (χ4v) is 1.40. The molecule has 5 nitrogen and oxygen atoms in total. The van der Waals surface area contributed by atoms with Crippen molar-refractivity contribution < 1.29 is 4.74 Å². The molecule has 1 heterocycles. The first-order valence-electron chi connectivity index (χ1n) is 4.85. The van der Waals surface area contributed by atoms with Crippen LogP contribution in [0, 0.1) is 5.92 Å². The molecule has 0 aromatic carbocycles. The Kier molecular flexibility index (Phi) is 5.18. The maximum atomic E-state index is 5.85. The van der Waals surface area contributed by atoms with Crippen LogP contribution in [-0.2, 0) is 4.74 Å². The van der Waals surface area contributed by atoms with Gasteiger partial charge in [-0.2, -0.15) is 4.98 Å². The maximum Gasteiger partial charge on any atom is 0.245 e. The highest BCUT2D eigenvalue weighted by molar-refractivity contribution is 6.32. The Morgan fingerprint density at radius 3 is 2.56 bits per heavy atom. The van der Waals surface area contributed by atoms with E-state index in [0.29, 0.717) is 18.3 Å². The highest BCUT2D eigenvalue weighted by Gasteiger charge is 2.16. The minimum Gasteiger partial charge on any atom is -0.383 e. The summed E-state index contributed by atoms with van der Waals surface area (Å²) in [6.45, 7) is 4.69. The van der Waals surface area contributed by atoms with Gasteiger partial charge in [0.1, 0.15) is 0 Å². The predicted molar refractivity (Wildman–Crippen MR) is 64.0 cm³/mol. The molecule has 90 valence electrons. The second-order valence-electron chi connectivity index (χ2n) is 3.67. The van der Waals surface area contributed by atoms with Crippen molar-refractivity contribution in [3.8, 4) is 0 Å². The van der Waals surface area contributed by atoms with Crippen LogP contribution in [0.4, 0.5) is 5.82 Å². The lowest BCUT2D eigenvalue weighted by Gasteiger charge is -2.22. The van der Waals surface area contributed by atoms with E-state index in [-0.39, 0.29) is 16.5 Å². The van der Waals surface area contributed by atoms with Crippen molar-refractivity contribution >= 4 is 29.0 Å². The lowest BCUT2D eigenvalue weighted by molar-refractivity contribution is 0.171. The lowest BCUT2D eigenvalue weighted by atomic mass is 10.1. The number of aromatic nitrogens is 3. The molecule has 1 aromatic heterocycles. The van der Waals surface area contributed by atoms with Crippen molar-refractivity contribution in [2.45, 2.75) is 19.9 Å². The smallest absolute Gasteiger partial charge is 0.245 e. The van der Waals surface area contributed by atoms with Crippen LogP contribution in [0.2, 0.25) is 10.4 Å². The third-order valence-corrected chi connectivity index (χ3v) is 2.51. The number of nitrogens with zero attached hydrogens (tertiary/aromatic N) is 3. The van der Waals surface area contributed by atoms with Crippen LogP contribution >= 0.6 is 23.2 Å². The van der Waals surface area contributed by atoms with Crippen LogP contribution in [-0.4, -0.2) is 34.9 Å². The van der Waals surface area contributed by atoms with Gasteiger partial charge in [0, 0.05) is 7.11 Å². The molecule has 0 aliphatic rings. The molecular formula is C9H14Cl2N4O. The van der Waals surface area contributed by atoms with Crippen LogP contribution in [0.3, 0.4) is 0 Å². The third-order valence-electron chi connectivity index (χ3n) is 2.09. The molecule has 16 heavy (non-hydrogen) atoms. The molecule has 0 bridgehead atoms. The summed E-state index contributed by atoms with van der Waals surface area (Å²) in [6.07, 6.45) is 0. The van der Waals surface area contributed by atoms with Crippen molar-refractivity contribution in [2.75, 3.05) is 19.0 Å². The van der Waals surface area contributed by atoms with Gasteiger partial charge in [0.15, 0.2) is 11.0 Å². The average molecular weight is 265 g/mol.